The quantitative estimate of drug-likeness (QED) is 0.703. The normalized spacial score (nSPS) is 11.6. The number of hydrogen-bond acceptors (Lipinski definition) is 4. The fourth-order valence-corrected chi connectivity index (χ4v) is 3.16. The van der Waals surface area contributed by atoms with E-state index in [1.807, 2.05) is 18.2 Å². The van der Waals surface area contributed by atoms with Crippen LogP contribution in [0, 0.1) is 0 Å². The number of hydrogen-bond donors (Lipinski definition) is 2. The van der Waals surface area contributed by atoms with Gasteiger partial charge in [-0.15, -0.1) is 0 Å². The molecule has 0 bridgehead atoms. The molecule has 0 saturated carbocycles. The molecule has 0 radical (unpaired) electrons. The largest absolute Gasteiger partial charge is 0.352 e. The predicted octanol–water partition coefficient (Wildman–Crippen LogP) is 1.75. The summed E-state index contributed by atoms with van der Waals surface area (Å²) < 4.78 is 26.1. The SMILES string of the molecule is CCNS(=O)(=O)c1ccc(/C=C/C(=O)NCCc2ccccn2)cc1. The van der Waals surface area contributed by atoms with Crippen molar-refractivity contribution in [1.82, 2.24) is 15.0 Å². The molecule has 0 fully saturated rings. The summed E-state index contributed by atoms with van der Waals surface area (Å²) >= 11 is 0. The molecule has 2 N–H and O–H groups in total. The van der Waals surface area contributed by atoms with Gasteiger partial charge in [0.15, 0.2) is 0 Å². The zero-order chi connectivity index (χ0) is 18.1. The number of carbonyl (C=O) groups excluding carboxylic acids is 1. The van der Waals surface area contributed by atoms with E-state index in [0.29, 0.717) is 19.5 Å². The Morgan fingerprint density at radius 3 is 2.56 bits per heavy atom. The summed E-state index contributed by atoms with van der Waals surface area (Å²) in [5.74, 6) is -0.208. The summed E-state index contributed by atoms with van der Waals surface area (Å²) in [4.78, 5) is 16.2. The van der Waals surface area contributed by atoms with Gasteiger partial charge in [-0.05, 0) is 35.9 Å². The highest BCUT2D eigenvalue weighted by Crippen LogP contribution is 2.11. The average molecular weight is 359 g/mol. The topological polar surface area (TPSA) is 88.2 Å². The molecule has 1 amide bonds. The molecular weight excluding hydrogens is 338 g/mol. The molecular formula is C18H21N3O3S. The van der Waals surface area contributed by atoms with E-state index in [-0.39, 0.29) is 10.8 Å². The molecule has 6 nitrogen and oxygen atoms in total. The first-order valence-corrected chi connectivity index (χ1v) is 9.45. The second kappa shape index (κ2) is 9.10. The molecule has 0 aliphatic carbocycles. The van der Waals surface area contributed by atoms with E-state index in [4.69, 9.17) is 0 Å². The van der Waals surface area contributed by atoms with E-state index in [1.54, 1.807) is 31.3 Å². The lowest BCUT2D eigenvalue weighted by molar-refractivity contribution is -0.116. The lowest BCUT2D eigenvalue weighted by Crippen LogP contribution is -2.23. The summed E-state index contributed by atoms with van der Waals surface area (Å²) in [7, 11) is -3.46. The van der Waals surface area contributed by atoms with Crippen molar-refractivity contribution in [2.24, 2.45) is 0 Å². The van der Waals surface area contributed by atoms with Crippen LogP contribution in [-0.2, 0) is 21.2 Å². The van der Waals surface area contributed by atoms with Crippen LogP contribution in [0.2, 0.25) is 0 Å². The first-order valence-electron chi connectivity index (χ1n) is 7.97. The first-order chi connectivity index (χ1) is 12.0. The number of aromatic nitrogens is 1. The third-order valence-corrected chi connectivity index (χ3v) is 4.92. The molecule has 0 unspecified atom stereocenters. The van der Waals surface area contributed by atoms with Gasteiger partial charge in [0, 0.05) is 37.5 Å². The highest BCUT2D eigenvalue weighted by Gasteiger charge is 2.11. The Bertz CT molecular complexity index is 816. The van der Waals surface area contributed by atoms with Gasteiger partial charge >= 0.3 is 0 Å². The first kappa shape index (κ1) is 18.8. The van der Waals surface area contributed by atoms with Crippen molar-refractivity contribution in [2.45, 2.75) is 18.2 Å². The van der Waals surface area contributed by atoms with E-state index < -0.39 is 10.0 Å². The van der Waals surface area contributed by atoms with Crippen molar-refractivity contribution in [1.29, 1.82) is 0 Å². The number of nitrogens with zero attached hydrogens (tertiary/aromatic N) is 1. The molecule has 1 heterocycles. The van der Waals surface area contributed by atoms with Crippen molar-refractivity contribution in [2.75, 3.05) is 13.1 Å². The van der Waals surface area contributed by atoms with Gasteiger partial charge in [0.2, 0.25) is 15.9 Å². The maximum atomic E-state index is 11.8. The van der Waals surface area contributed by atoms with Crippen LogP contribution in [0.25, 0.3) is 6.08 Å². The Hall–Kier alpha value is -2.51. The minimum Gasteiger partial charge on any atom is -0.352 e. The van der Waals surface area contributed by atoms with Crippen molar-refractivity contribution in [3.63, 3.8) is 0 Å². The molecule has 0 aliphatic heterocycles. The molecule has 2 aromatic rings. The highest BCUT2D eigenvalue weighted by atomic mass is 32.2. The number of benzene rings is 1. The van der Waals surface area contributed by atoms with Gasteiger partial charge in [0.05, 0.1) is 4.90 Å². The second-order valence-corrected chi connectivity index (χ2v) is 7.03. The Balaban J connectivity index is 1.85. The summed E-state index contributed by atoms with van der Waals surface area (Å²) in [6.07, 6.45) is 5.44. The molecule has 7 heteroatoms. The van der Waals surface area contributed by atoms with Crippen LogP contribution in [0.1, 0.15) is 18.2 Å². The lowest BCUT2D eigenvalue weighted by atomic mass is 10.2. The number of nitrogens with one attached hydrogen (secondary N) is 2. The average Bonchev–Trinajstić information content (AvgIpc) is 2.61. The lowest BCUT2D eigenvalue weighted by Gasteiger charge is -2.04. The summed E-state index contributed by atoms with van der Waals surface area (Å²) in [5.41, 5.74) is 1.67. The molecule has 0 saturated heterocycles. The number of amides is 1. The molecule has 1 aromatic heterocycles. The predicted molar refractivity (Wildman–Crippen MR) is 97.3 cm³/mol. The van der Waals surface area contributed by atoms with Gasteiger partial charge in [-0.25, -0.2) is 13.1 Å². The number of carbonyl (C=O) groups is 1. The molecule has 0 atom stereocenters. The zero-order valence-corrected chi connectivity index (χ0v) is 14.8. The number of pyridine rings is 1. The molecule has 0 aliphatic rings. The van der Waals surface area contributed by atoms with Crippen LogP contribution in [0.15, 0.2) is 59.6 Å². The molecule has 132 valence electrons. The Kier molecular flexibility index (Phi) is 6.85. The van der Waals surface area contributed by atoms with Gasteiger partial charge < -0.3 is 5.32 Å². The Labute approximate surface area is 148 Å². The van der Waals surface area contributed by atoms with Crippen LogP contribution in [0.5, 0.6) is 0 Å². The van der Waals surface area contributed by atoms with Gasteiger partial charge in [0.25, 0.3) is 0 Å². The van der Waals surface area contributed by atoms with Crippen molar-refractivity contribution >= 4 is 22.0 Å². The third kappa shape index (κ3) is 6.13. The van der Waals surface area contributed by atoms with Crippen LogP contribution in [0.3, 0.4) is 0 Å². The van der Waals surface area contributed by atoms with E-state index >= 15 is 0 Å². The maximum Gasteiger partial charge on any atom is 0.244 e. The monoisotopic (exact) mass is 359 g/mol. The molecule has 1 aromatic carbocycles. The van der Waals surface area contributed by atoms with E-state index in [0.717, 1.165) is 11.3 Å². The van der Waals surface area contributed by atoms with Crippen LogP contribution >= 0.6 is 0 Å². The van der Waals surface area contributed by atoms with Gasteiger partial charge in [0.1, 0.15) is 0 Å². The molecule has 0 spiro atoms. The Morgan fingerprint density at radius 1 is 1.16 bits per heavy atom. The van der Waals surface area contributed by atoms with Gasteiger partial charge in [-0.1, -0.05) is 25.1 Å². The van der Waals surface area contributed by atoms with Gasteiger partial charge in [-0.2, -0.15) is 0 Å². The summed E-state index contributed by atoms with van der Waals surface area (Å²) in [6, 6.07) is 12.0. The minimum absolute atomic E-state index is 0.200. The standard InChI is InChI=1S/C18H21N3O3S/c1-2-21-25(23,24)17-9-6-15(7-10-17)8-11-18(22)20-14-12-16-5-3-4-13-19-16/h3-11,13,21H,2,12,14H2,1H3,(H,20,22)/b11-8+. The third-order valence-electron chi connectivity index (χ3n) is 3.36. The zero-order valence-electron chi connectivity index (χ0n) is 14.0. The number of sulfonamides is 1. The second-order valence-electron chi connectivity index (χ2n) is 5.27. The molecule has 25 heavy (non-hydrogen) atoms. The highest BCUT2D eigenvalue weighted by molar-refractivity contribution is 7.89. The minimum atomic E-state index is -3.46. The van der Waals surface area contributed by atoms with E-state index in [9.17, 15) is 13.2 Å². The van der Waals surface area contributed by atoms with Crippen LogP contribution in [-0.4, -0.2) is 32.4 Å². The van der Waals surface area contributed by atoms with Crippen LogP contribution < -0.4 is 10.0 Å². The molecule has 2 rings (SSSR count). The van der Waals surface area contributed by atoms with E-state index in [2.05, 4.69) is 15.0 Å². The van der Waals surface area contributed by atoms with Gasteiger partial charge in [-0.3, -0.25) is 9.78 Å². The van der Waals surface area contributed by atoms with Crippen molar-refractivity contribution < 1.29 is 13.2 Å². The smallest absolute Gasteiger partial charge is 0.244 e. The van der Waals surface area contributed by atoms with Crippen LogP contribution in [0.4, 0.5) is 0 Å². The summed E-state index contributed by atoms with van der Waals surface area (Å²) in [5, 5.41) is 2.78. The number of rotatable bonds is 8. The van der Waals surface area contributed by atoms with Crippen molar-refractivity contribution in [3.8, 4) is 0 Å². The fourth-order valence-electron chi connectivity index (χ4n) is 2.12. The van der Waals surface area contributed by atoms with E-state index in [1.165, 1.54) is 18.2 Å². The fraction of sp³-hybridized carbons (Fsp3) is 0.222. The van der Waals surface area contributed by atoms with Crippen molar-refractivity contribution in [3.05, 3.63) is 66.0 Å². The maximum absolute atomic E-state index is 11.8. The summed E-state index contributed by atoms with van der Waals surface area (Å²) in [6.45, 7) is 2.56. The Morgan fingerprint density at radius 2 is 1.92 bits per heavy atom.